The lowest BCUT2D eigenvalue weighted by Gasteiger charge is -2.26. The fourth-order valence-corrected chi connectivity index (χ4v) is 4.43. The Kier molecular flexibility index (Phi) is 10.8. The third-order valence-corrected chi connectivity index (χ3v) is 6.55. The summed E-state index contributed by atoms with van der Waals surface area (Å²) in [6, 6.07) is 14.5. The Balaban J connectivity index is 1.81. The van der Waals surface area contributed by atoms with Crippen molar-refractivity contribution in [3.63, 3.8) is 0 Å². The summed E-state index contributed by atoms with van der Waals surface area (Å²) in [5.74, 6) is 0.432. The number of amides is 2. The Hall–Kier alpha value is -3.54. The van der Waals surface area contributed by atoms with Gasteiger partial charge in [-0.1, -0.05) is 57.0 Å². The molecule has 1 unspecified atom stereocenters. The Morgan fingerprint density at radius 2 is 1.89 bits per heavy atom. The minimum Gasteiger partial charge on any atom is -0.492 e. The number of hydrogen-bond donors (Lipinski definition) is 2. The minimum absolute atomic E-state index is 0.256. The number of hydrogen-bond acceptors (Lipinski definition) is 4. The van der Waals surface area contributed by atoms with Crippen LogP contribution in [-0.2, 0) is 16.0 Å². The van der Waals surface area contributed by atoms with Gasteiger partial charge in [-0.2, -0.15) is 0 Å². The highest BCUT2D eigenvalue weighted by Crippen LogP contribution is 2.29. The van der Waals surface area contributed by atoms with E-state index in [4.69, 9.17) is 4.74 Å². The first-order valence-corrected chi connectivity index (χ1v) is 13.5. The van der Waals surface area contributed by atoms with Crippen molar-refractivity contribution >= 4 is 23.2 Å². The fraction of sp³-hybridized carbons (Fsp3) is 0.419. The van der Waals surface area contributed by atoms with Gasteiger partial charge in [0.25, 0.3) is 5.91 Å². The number of aryl methyl sites for hydroxylation is 1. The average molecular weight is 504 g/mol. The molecule has 2 amide bonds. The monoisotopic (exact) mass is 503 g/mol. The first kappa shape index (κ1) is 28.0. The van der Waals surface area contributed by atoms with Crippen molar-refractivity contribution in [2.75, 3.05) is 29.9 Å². The molecular formula is C31H41N3O3. The number of rotatable bonds is 10. The second-order valence-corrected chi connectivity index (χ2v) is 9.41. The number of carbonyl (C=O) groups excluding carboxylic acids is 2. The number of nitrogens with one attached hydrogen (secondary N) is 2. The van der Waals surface area contributed by atoms with Crippen molar-refractivity contribution in [2.45, 2.75) is 65.8 Å². The van der Waals surface area contributed by atoms with Crippen LogP contribution >= 0.6 is 0 Å². The summed E-state index contributed by atoms with van der Waals surface area (Å²) >= 11 is 0. The maximum atomic E-state index is 13.2. The van der Waals surface area contributed by atoms with Gasteiger partial charge in [-0.05, 0) is 69.0 Å². The lowest BCUT2D eigenvalue weighted by atomic mass is 10.0. The zero-order valence-electron chi connectivity index (χ0n) is 22.7. The van der Waals surface area contributed by atoms with Crippen molar-refractivity contribution < 1.29 is 14.3 Å². The zero-order valence-corrected chi connectivity index (χ0v) is 22.7. The van der Waals surface area contributed by atoms with Gasteiger partial charge in [0.15, 0.2) is 0 Å². The first-order chi connectivity index (χ1) is 18.0. The molecule has 6 nitrogen and oxygen atoms in total. The van der Waals surface area contributed by atoms with Crippen LogP contribution in [0.1, 0.15) is 69.3 Å². The van der Waals surface area contributed by atoms with Crippen LogP contribution in [0.4, 0.5) is 11.4 Å². The van der Waals surface area contributed by atoms with Gasteiger partial charge in [-0.3, -0.25) is 9.59 Å². The van der Waals surface area contributed by atoms with E-state index < -0.39 is 6.04 Å². The lowest BCUT2D eigenvalue weighted by molar-refractivity contribution is -0.117. The van der Waals surface area contributed by atoms with E-state index in [0.29, 0.717) is 17.9 Å². The van der Waals surface area contributed by atoms with Gasteiger partial charge in [0, 0.05) is 29.1 Å². The lowest BCUT2D eigenvalue weighted by Crippen LogP contribution is -2.41. The van der Waals surface area contributed by atoms with Crippen molar-refractivity contribution in [3.8, 4) is 0 Å². The molecule has 0 saturated carbocycles. The highest BCUT2D eigenvalue weighted by Gasteiger charge is 2.22. The summed E-state index contributed by atoms with van der Waals surface area (Å²) < 4.78 is 6.07. The molecule has 0 aromatic heterocycles. The van der Waals surface area contributed by atoms with Crippen LogP contribution in [0.3, 0.4) is 0 Å². The van der Waals surface area contributed by atoms with Crippen molar-refractivity contribution in [3.05, 3.63) is 83.1 Å². The number of benzene rings is 2. The quantitative estimate of drug-likeness (QED) is 0.376. The number of carbonyl (C=O) groups is 2. The summed E-state index contributed by atoms with van der Waals surface area (Å²) in [6.07, 6.45) is 9.55. The highest BCUT2D eigenvalue weighted by molar-refractivity contribution is 6.01. The molecule has 1 atom stereocenters. The molecule has 2 N–H and O–H groups in total. The molecule has 0 bridgehead atoms. The maximum Gasteiger partial charge on any atom is 0.251 e. The average Bonchev–Trinajstić information content (AvgIpc) is 3.11. The Bertz CT molecular complexity index is 1110. The second kappa shape index (κ2) is 14.3. The SMILES string of the molecule is C/C=C1/CN(c2cc(C(=O)NC(C)C(=O)Nc3ccccc3)ccc2CCCCC)CCO/C1=C/CC. The van der Waals surface area contributed by atoms with Crippen LogP contribution < -0.4 is 15.5 Å². The summed E-state index contributed by atoms with van der Waals surface area (Å²) in [6.45, 7) is 10.1. The van der Waals surface area contributed by atoms with Crippen LogP contribution in [0.5, 0.6) is 0 Å². The minimum atomic E-state index is -0.677. The molecule has 1 fully saturated rings. The van der Waals surface area contributed by atoms with Gasteiger partial charge in [0.2, 0.25) is 5.91 Å². The predicted octanol–water partition coefficient (Wildman–Crippen LogP) is 6.25. The van der Waals surface area contributed by atoms with E-state index >= 15 is 0 Å². The molecule has 1 heterocycles. The number of allylic oxidation sites excluding steroid dienone is 2. The van der Waals surface area contributed by atoms with Gasteiger partial charge >= 0.3 is 0 Å². The maximum absolute atomic E-state index is 13.2. The van der Waals surface area contributed by atoms with Crippen LogP contribution in [0.25, 0.3) is 0 Å². The summed E-state index contributed by atoms with van der Waals surface area (Å²) in [7, 11) is 0. The Morgan fingerprint density at radius 3 is 2.59 bits per heavy atom. The molecule has 198 valence electrons. The van der Waals surface area contributed by atoms with Gasteiger partial charge < -0.3 is 20.3 Å². The molecule has 6 heteroatoms. The van der Waals surface area contributed by atoms with Crippen LogP contribution in [-0.4, -0.2) is 37.6 Å². The summed E-state index contributed by atoms with van der Waals surface area (Å²) in [5.41, 5.74) is 4.70. The van der Waals surface area contributed by atoms with Crippen LogP contribution in [0.15, 0.2) is 72.0 Å². The topological polar surface area (TPSA) is 70.7 Å². The van der Waals surface area contributed by atoms with Crippen molar-refractivity contribution in [1.82, 2.24) is 5.32 Å². The number of para-hydroxylation sites is 1. The van der Waals surface area contributed by atoms with Gasteiger partial charge in [0.1, 0.15) is 18.4 Å². The molecule has 0 aliphatic carbocycles. The van der Waals surface area contributed by atoms with Gasteiger partial charge in [-0.25, -0.2) is 0 Å². The van der Waals surface area contributed by atoms with E-state index in [1.54, 1.807) is 6.92 Å². The molecule has 2 aromatic carbocycles. The number of unbranched alkanes of at least 4 members (excludes halogenated alkanes) is 2. The molecule has 37 heavy (non-hydrogen) atoms. The standard InChI is InChI=1S/C31H41N3O3/c1-5-8-10-14-25-17-18-26(31(36)32-23(4)30(35)33-27-15-11-9-12-16-27)21-28(25)34-19-20-37-29(13-6-2)24(7-3)22-34/h7,9,11-13,15-18,21,23H,5-6,8,10,14,19-20,22H2,1-4H3,(H,32,36)(H,33,35)/b24-7-,29-13+. The number of anilines is 2. The summed E-state index contributed by atoms with van der Waals surface area (Å²) in [4.78, 5) is 28.1. The van der Waals surface area contributed by atoms with E-state index in [0.717, 1.165) is 55.8 Å². The molecule has 2 aromatic rings. The zero-order chi connectivity index (χ0) is 26.6. The van der Waals surface area contributed by atoms with E-state index in [2.05, 4.69) is 47.6 Å². The van der Waals surface area contributed by atoms with E-state index in [1.807, 2.05) is 49.4 Å². The second-order valence-electron chi connectivity index (χ2n) is 9.41. The summed E-state index contributed by atoms with van der Waals surface area (Å²) in [5, 5.41) is 5.70. The van der Waals surface area contributed by atoms with Gasteiger partial charge in [-0.15, -0.1) is 0 Å². The third kappa shape index (κ3) is 7.97. The smallest absolute Gasteiger partial charge is 0.251 e. The number of ether oxygens (including phenoxy) is 1. The van der Waals surface area contributed by atoms with Crippen LogP contribution in [0, 0.1) is 0 Å². The molecule has 1 aliphatic rings. The predicted molar refractivity (Wildman–Crippen MR) is 152 cm³/mol. The number of nitrogens with zero attached hydrogens (tertiary/aromatic N) is 1. The molecule has 0 spiro atoms. The third-order valence-electron chi connectivity index (χ3n) is 6.55. The normalized spacial score (nSPS) is 16.7. The van der Waals surface area contributed by atoms with Crippen molar-refractivity contribution in [1.29, 1.82) is 0 Å². The fourth-order valence-electron chi connectivity index (χ4n) is 4.43. The van der Waals surface area contributed by atoms with Gasteiger partial charge in [0.05, 0.1) is 6.54 Å². The van der Waals surface area contributed by atoms with E-state index in [-0.39, 0.29) is 11.8 Å². The Labute approximate surface area is 221 Å². The van der Waals surface area contributed by atoms with Crippen LogP contribution in [0.2, 0.25) is 0 Å². The Morgan fingerprint density at radius 1 is 1.11 bits per heavy atom. The molecule has 3 rings (SSSR count). The molecule has 0 radical (unpaired) electrons. The molecular weight excluding hydrogens is 462 g/mol. The van der Waals surface area contributed by atoms with E-state index in [9.17, 15) is 9.59 Å². The highest BCUT2D eigenvalue weighted by atomic mass is 16.5. The van der Waals surface area contributed by atoms with E-state index in [1.165, 1.54) is 12.0 Å². The first-order valence-electron chi connectivity index (χ1n) is 13.5. The largest absolute Gasteiger partial charge is 0.492 e. The van der Waals surface area contributed by atoms with Crippen molar-refractivity contribution in [2.24, 2.45) is 0 Å². The molecule has 1 aliphatic heterocycles. The molecule has 1 saturated heterocycles.